The Labute approximate surface area is 110 Å². The van der Waals surface area contributed by atoms with Crippen LogP contribution < -0.4 is 0 Å². The number of carbonyl (C=O) groups excluding carboxylic acids is 1. The predicted molar refractivity (Wildman–Crippen MR) is 66.6 cm³/mol. The van der Waals surface area contributed by atoms with Crippen molar-refractivity contribution in [3.05, 3.63) is 34.9 Å². The van der Waals surface area contributed by atoms with Crippen molar-refractivity contribution >= 4 is 11.9 Å². The number of carboxylic acid groups (broad SMARTS) is 1. The van der Waals surface area contributed by atoms with Crippen molar-refractivity contribution in [2.45, 2.75) is 32.1 Å². The summed E-state index contributed by atoms with van der Waals surface area (Å²) in [7, 11) is 0. The molecule has 5 nitrogen and oxygen atoms in total. The van der Waals surface area contributed by atoms with Gasteiger partial charge in [0.1, 0.15) is 6.04 Å². The Bertz CT molecular complexity index is 540. The minimum absolute atomic E-state index is 0.195. The second-order valence-corrected chi connectivity index (χ2v) is 4.97. The van der Waals surface area contributed by atoms with Crippen molar-refractivity contribution in [3.8, 4) is 0 Å². The highest BCUT2D eigenvalue weighted by Crippen LogP contribution is 2.24. The highest BCUT2D eigenvalue weighted by atomic mass is 16.5. The van der Waals surface area contributed by atoms with E-state index in [9.17, 15) is 9.59 Å². The van der Waals surface area contributed by atoms with Gasteiger partial charge >= 0.3 is 5.97 Å². The maximum absolute atomic E-state index is 12.4. The Morgan fingerprint density at radius 2 is 2.05 bits per heavy atom. The highest BCUT2D eigenvalue weighted by Gasteiger charge is 2.34. The third-order valence-electron chi connectivity index (χ3n) is 3.77. The number of aliphatic carboxylic acids is 1. The van der Waals surface area contributed by atoms with Gasteiger partial charge in [-0.2, -0.15) is 0 Å². The molecule has 1 aromatic carbocycles. The summed E-state index contributed by atoms with van der Waals surface area (Å²) in [6.07, 6.45) is 1.28. The Balaban J connectivity index is 1.85. The lowest BCUT2D eigenvalue weighted by atomic mass is 10.1. The summed E-state index contributed by atoms with van der Waals surface area (Å²) in [6.45, 7) is 1.63. The zero-order chi connectivity index (χ0) is 13.4. The molecular formula is C14H15NO4. The summed E-state index contributed by atoms with van der Waals surface area (Å²) >= 11 is 0. The number of rotatable bonds is 2. The Hall–Kier alpha value is -1.88. The second-order valence-electron chi connectivity index (χ2n) is 4.97. The standard InChI is InChI=1S/C14H15NO4/c16-13(15-5-1-2-12(15)14(17)18)9-3-4-10-7-19-8-11(10)6-9/h3-4,6,12H,1-2,5,7-8H2,(H,17,18)/t12-/m0/s1. The molecule has 1 saturated heterocycles. The number of fused-ring (bicyclic) bond motifs is 1. The number of carbonyl (C=O) groups is 2. The van der Waals surface area contributed by atoms with Crippen LogP contribution in [-0.2, 0) is 22.7 Å². The van der Waals surface area contributed by atoms with E-state index < -0.39 is 12.0 Å². The lowest BCUT2D eigenvalue weighted by molar-refractivity contribution is -0.141. The average molecular weight is 261 g/mol. The zero-order valence-electron chi connectivity index (χ0n) is 10.5. The van der Waals surface area contributed by atoms with Crippen LogP contribution in [0.3, 0.4) is 0 Å². The zero-order valence-corrected chi connectivity index (χ0v) is 10.5. The second kappa shape index (κ2) is 4.66. The number of hydrogen-bond acceptors (Lipinski definition) is 3. The average Bonchev–Trinajstić information content (AvgIpc) is 3.05. The van der Waals surface area contributed by atoms with Crippen molar-refractivity contribution in [2.75, 3.05) is 6.54 Å². The molecule has 2 aliphatic rings. The lowest BCUT2D eigenvalue weighted by Crippen LogP contribution is -2.40. The van der Waals surface area contributed by atoms with Crippen LogP contribution >= 0.6 is 0 Å². The fourth-order valence-corrected chi connectivity index (χ4v) is 2.74. The largest absolute Gasteiger partial charge is 0.480 e. The molecule has 5 heteroatoms. The first-order valence-electron chi connectivity index (χ1n) is 6.40. The minimum Gasteiger partial charge on any atom is -0.480 e. The van der Waals surface area contributed by atoms with Crippen molar-refractivity contribution in [2.24, 2.45) is 0 Å². The molecule has 0 aliphatic carbocycles. The fourth-order valence-electron chi connectivity index (χ4n) is 2.74. The summed E-state index contributed by atoms with van der Waals surface area (Å²) in [5.74, 6) is -1.12. The summed E-state index contributed by atoms with van der Waals surface area (Å²) in [6, 6.07) is 4.79. The number of hydrogen-bond donors (Lipinski definition) is 1. The van der Waals surface area contributed by atoms with E-state index in [4.69, 9.17) is 9.84 Å². The quantitative estimate of drug-likeness (QED) is 0.874. The van der Waals surface area contributed by atoms with Crippen LogP contribution in [0.2, 0.25) is 0 Å². The molecule has 0 bridgehead atoms. The van der Waals surface area contributed by atoms with E-state index in [0.29, 0.717) is 31.7 Å². The molecule has 100 valence electrons. The number of benzene rings is 1. The molecule has 0 aromatic heterocycles. The minimum atomic E-state index is -0.921. The number of carboxylic acids is 1. The monoisotopic (exact) mass is 261 g/mol. The predicted octanol–water partition coefficient (Wildman–Crippen LogP) is 1.41. The van der Waals surface area contributed by atoms with Crippen LogP contribution in [0, 0.1) is 0 Å². The molecule has 1 atom stereocenters. The van der Waals surface area contributed by atoms with Gasteiger partial charge in [0.25, 0.3) is 5.91 Å². The molecule has 0 unspecified atom stereocenters. The summed E-state index contributed by atoms with van der Waals surface area (Å²) in [5, 5.41) is 9.12. The van der Waals surface area contributed by atoms with Gasteiger partial charge in [-0.1, -0.05) is 6.07 Å². The number of ether oxygens (including phenoxy) is 1. The van der Waals surface area contributed by atoms with Crippen LogP contribution in [0.1, 0.15) is 34.3 Å². The molecule has 1 N–H and O–H groups in total. The van der Waals surface area contributed by atoms with Crippen molar-refractivity contribution in [1.82, 2.24) is 4.90 Å². The van der Waals surface area contributed by atoms with Crippen molar-refractivity contribution in [3.63, 3.8) is 0 Å². The van der Waals surface area contributed by atoms with Gasteiger partial charge in [0.15, 0.2) is 0 Å². The maximum atomic E-state index is 12.4. The van der Waals surface area contributed by atoms with Crippen molar-refractivity contribution in [1.29, 1.82) is 0 Å². The molecule has 1 amide bonds. The van der Waals surface area contributed by atoms with Gasteiger partial charge in [-0.15, -0.1) is 0 Å². The van der Waals surface area contributed by atoms with Gasteiger partial charge < -0.3 is 14.7 Å². The molecule has 3 rings (SSSR count). The summed E-state index contributed by atoms with van der Waals surface area (Å²) < 4.78 is 5.32. The number of likely N-dealkylation sites (tertiary alicyclic amines) is 1. The van der Waals surface area contributed by atoms with E-state index >= 15 is 0 Å². The smallest absolute Gasteiger partial charge is 0.326 e. The molecule has 1 fully saturated rings. The number of nitrogens with zero attached hydrogens (tertiary/aromatic N) is 1. The van der Waals surface area contributed by atoms with Gasteiger partial charge in [0, 0.05) is 12.1 Å². The topological polar surface area (TPSA) is 66.8 Å². The van der Waals surface area contributed by atoms with E-state index in [1.807, 2.05) is 12.1 Å². The molecular weight excluding hydrogens is 246 g/mol. The van der Waals surface area contributed by atoms with Crippen LogP contribution in [0.15, 0.2) is 18.2 Å². The van der Waals surface area contributed by atoms with Gasteiger partial charge in [-0.25, -0.2) is 4.79 Å². The first-order valence-corrected chi connectivity index (χ1v) is 6.40. The third kappa shape index (κ3) is 2.10. The highest BCUT2D eigenvalue weighted by molar-refractivity contribution is 5.97. The van der Waals surface area contributed by atoms with E-state index in [1.54, 1.807) is 6.07 Å². The normalized spacial score (nSPS) is 21.5. The SMILES string of the molecule is O=C(O)[C@@H]1CCCN1C(=O)c1ccc2c(c1)COC2. The summed E-state index contributed by atoms with van der Waals surface area (Å²) in [5.41, 5.74) is 2.68. The molecule has 1 aromatic rings. The van der Waals surface area contributed by atoms with Gasteiger partial charge in [0.05, 0.1) is 13.2 Å². The first-order chi connectivity index (χ1) is 9.16. The molecule has 2 aliphatic heterocycles. The first kappa shape index (κ1) is 12.2. The van der Waals surface area contributed by atoms with Crippen LogP contribution in [0.4, 0.5) is 0 Å². The molecule has 0 saturated carbocycles. The molecule has 0 radical (unpaired) electrons. The van der Waals surface area contributed by atoms with Crippen molar-refractivity contribution < 1.29 is 19.4 Å². The Morgan fingerprint density at radius 3 is 2.84 bits per heavy atom. The fraction of sp³-hybridized carbons (Fsp3) is 0.429. The van der Waals surface area contributed by atoms with Crippen LogP contribution in [0.25, 0.3) is 0 Å². The molecule has 2 heterocycles. The maximum Gasteiger partial charge on any atom is 0.326 e. The Morgan fingerprint density at radius 1 is 1.26 bits per heavy atom. The van der Waals surface area contributed by atoms with Crippen LogP contribution in [0.5, 0.6) is 0 Å². The van der Waals surface area contributed by atoms with Gasteiger partial charge in [-0.05, 0) is 36.1 Å². The van der Waals surface area contributed by atoms with E-state index in [2.05, 4.69) is 0 Å². The summed E-state index contributed by atoms with van der Waals surface area (Å²) in [4.78, 5) is 25.0. The van der Waals surface area contributed by atoms with E-state index in [-0.39, 0.29) is 5.91 Å². The van der Waals surface area contributed by atoms with Crippen LogP contribution in [-0.4, -0.2) is 34.5 Å². The molecule has 0 spiro atoms. The van der Waals surface area contributed by atoms with E-state index in [0.717, 1.165) is 17.5 Å². The number of amides is 1. The lowest BCUT2D eigenvalue weighted by Gasteiger charge is -2.21. The third-order valence-corrected chi connectivity index (χ3v) is 3.77. The molecule has 19 heavy (non-hydrogen) atoms. The van der Waals surface area contributed by atoms with Gasteiger partial charge in [-0.3, -0.25) is 4.79 Å². The van der Waals surface area contributed by atoms with Gasteiger partial charge in [0.2, 0.25) is 0 Å². The Kier molecular flexibility index (Phi) is 2.98. The van der Waals surface area contributed by atoms with E-state index in [1.165, 1.54) is 4.90 Å².